The van der Waals surface area contributed by atoms with Crippen molar-refractivity contribution in [1.82, 2.24) is 0 Å². The standard InChI is InChI=1S/C47H32/c1-47(2)42-24-12-23-40(46(42)41-27-30-14-3-4-15-31(30)28-43(41)47)45-38-19-9-7-17-36(38)44(37-18-8-10-20-39(37)45)35-22-11-21-33-32-16-6-5-13-29(32)25-26-34(33)35/h3-28H,1-2H3. The van der Waals surface area contributed by atoms with Gasteiger partial charge in [0.1, 0.15) is 0 Å². The third-order valence-corrected chi connectivity index (χ3v) is 10.8. The van der Waals surface area contributed by atoms with Crippen LogP contribution in [-0.2, 0) is 5.41 Å². The summed E-state index contributed by atoms with van der Waals surface area (Å²) >= 11 is 0. The van der Waals surface area contributed by atoms with Crippen LogP contribution in [-0.4, -0.2) is 0 Å². The van der Waals surface area contributed by atoms with E-state index in [-0.39, 0.29) is 5.41 Å². The zero-order chi connectivity index (χ0) is 31.3. The van der Waals surface area contributed by atoms with Crippen molar-refractivity contribution in [2.75, 3.05) is 0 Å². The molecule has 0 N–H and O–H groups in total. The van der Waals surface area contributed by atoms with Crippen molar-refractivity contribution in [2.24, 2.45) is 0 Å². The molecule has 0 fully saturated rings. The molecule has 0 saturated carbocycles. The molecule has 0 atom stereocenters. The highest BCUT2D eigenvalue weighted by molar-refractivity contribution is 6.25. The van der Waals surface area contributed by atoms with E-state index in [1.807, 2.05) is 0 Å². The third-order valence-electron chi connectivity index (χ3n) is 10.8. The van der Waals surface area contributed by atoms with Crippen LogP contribution in [0.25, 0.3) is 87.2 Å². The molecule has 47 heavy (non-hydrogen) atoms. The number of rotatable bonds is 2. The molecule has 9 aromatic rings. The van der Waals surface area contributed by atoms with Gasteiger partial charge in [-0.3, -0.25) is 0 Å². The van der Waals surface area contributed by atoms with E-state index in [9.17, 15) is 0 Å². The third kappa shape index (κ3) is 3.64. The number of fused-ring (bicyclic) bond motifs is 9. The Kier molecular flexibility index (Phi) is 5.44. The van der Waals surface area contributed by atoms with Gasteiger partial charge in [0.2, 0.25) is 0 Å². The Bertz CT molecular complexity index is 2700. The van der Waals surface area contributed by atoms with E-state index < -0.39 is 0 Å². The van der Waals surface area contributed by atoms with Crippen LogP contribution in [0.4, 0.5) is 0 Å². The molecule has 0 nitrogen and oxygen atoms in total. The van der Waals surface area contributed by atoms with Crippen LogP contribution < -0.4 is 0 Å². The summed E-state index contributed by atoms with van der Waals surface area (Å²) in [7, 11) is 0. The molecule has 0 amide bonds. The predicted molar refractivity (Wildman–Crippen MR) is 202 cm³/mol. The Hall–Kier alpha value is -5.72. The van der Waals surface area contributed by atoms with Gasteiger partial charge in [0.05, 0.1) is 0 Å². The zero-order valence-corrected chi connectivity index (χ0v) is 26.5. The van der Waals surface area contributed by atoms with Crippen LogP contribution >= 0.6 is 0 Å². The lowest BCUT2D eigenvalue weighted by Gasteiger charge is -2.23. The highest BCUT2D eigenvalue weighted by Crippen LogP contribution is 2.55. The van der Waals surface area contributed by atoms with Crippen LogP contribution in [0.3, 0.4) is 0 Å². The van der Waals surface area contributed by atoms with E-state index in [1.54, 1.807) is 0 Å². The molecule has 0 aromatic heterocycles. The van der Waals surface area contributed by atoms with Gasteiger partial charge in [-0.1, -0.05) is 159 Å². The van der Waals surface area contributed by atoms with Crippen molar-refractivity contribution in [3.05, 3.63) is 169 Å². The van der Waals surface area contributed by atoms with Crippen LogP contribution in [0.15, 0.2) is 158 Å². The molecular formula is C47H32. The Balaban J connectivity index is 1.33. The van der Waals surface area contributed by atoms with Gasteiger partial charge >= 0.3 is 0 Å². The summed E-state index contributed by atoms with van der Waals surface area (Å²) in [5, 5.41) is 12.9. The number of benzene rings is 9. The fourth-order valence-electron chi connectivity index (χ4n) is 8.65. The number of hydrogen-bond donors (Lipinski definition) is 0. The van der Waals surface area contributed by atoms with Gasteiger partial charge in [0.15, 0.2) is 0 Å². The van der Waals surface area contributed by atoms with Gasteiger partial charge in [0, 0.05) is 5.41 Å². The Morgan fingerprint density at radius 1 is 0.298 bits per heavy atom. The molecule has 10 rings (SSSR count). The molecule has 0 heterocycles. The van der Waals surface area contributed by atoms with Crippen LogP contribution in [0.1, 0.15) is 25.0 Å². The second-order valence-electron chi connectivity index (χ2n) is 13.6. The minimum atomic E-state index is -0.0953. The van der Waals surface area contributed by atoms with Crippen molar-refractivity contribution in [1.29, 1.82) is 0 Å². The maximum atomic E-state index is 2.43. The van der Waals surface area contributed by atoms with Crippen molar-refractivity contribution < 1.29 is 0 Å². The Labute approximate surface area is 274 Å². The molecule has 0 radical (unpaired) electrons. The second kappa shape index (κ2) is 9.64. The maximum absolute atomic E-state index is 2.43. The Morgan fingerprint density at radius 3 is 1.49 bits per heavy atom. The molecule has 0 spiro atoms. The van der Waals surface area contributed by atoms with Gasteiger partial charge in [0.25, 0.3) is 0 Å². The summed E-state index contributed by atoms with van der Waals surface area (Å²) < 4.78 is 0. The summed E-state index contributed by atoms with van der Waals surface area (Å²) in [6.45, 7) is 4.78. The first-order valence-corrected chi connectivity index (χ1v) is 16.6. The topological polar surface area (TPSA) is 0 Å². The average molecular weight is 597 g/mol. The largest absolute Gasteiger partial charge is 0.0616 e. The molecule has 9 aromatic carbocycles. The normalized spacial score (nSPS) is 13.5. The molecule has 1 aliphatic rings. The quantitative estimate of drug-likeness (QED) is 0.138. The smallest absolute Gasteiger partial charge is 0.0159 e. The van der Waals surface area contributed by atoms with Crippen molar-refractivity contribution >= 4 is 53.9 Å². The van der Waals surface area contributed by atoms with Crippen LogP contribution in [0.2, 0.25) is 0 Å². The molecule has 1 aliphatic carbocycles. The minimum absolute atomic E-state index is 0.0953. The number of hydrogen-bond acceptors (Lipinski definition) is 0. The summed E-state index contributed by atoms with van der Waals surface area (Å²) in [6, 6.07) is 58.9. The van der Waals surface area contributed by atoms with E-state index in [0.717, 1.165) is 0 Å². The van der Waals surface area contributed by atoms with Gasteiger partial charge in [-0.25, -0.2) is 0 Å². The van der Waals surface area contributed by atoms with Crippen molar-refractivity contribution in [2.45, 2.75) is 19.3 Å². The predicted octanol–water partition coefficient (Wildman–Crippen LogP) is 13.1. The summed E-state index contributed by atoms with van der Waals surface area (Å²) in [6.07, 6.45) is 0. The first kappa shape index (κ1) is 26.5. The minimum Gasteiger partial charge on any atom is -0.0616 e. The SMILES string of the molecule is CC1(C)c2cc3ccccc3cc2-c2c(-c3c4ccccc4c(-c4cccc5c4ccc4ccccc45)c4ccccc34)cccc21. The van der Waals surface area contributed by atoms with Crippen LogP contribution in [0, 0.1) is 0 Å². The summed E-state index contributed by atoms with van der Waals surface area (Å²) in [5.74, 6) is 0. The van der Waals surface area contributed by atoms with Gasteiger partial charge in [-0.2, -0.15) is 0 Å². The fraction of sp³-hybridized carbons (Fsp3) is 0.0638. The van der Waals surface area contributed by atoms with Gasteiger partial charge in [-0.05, 0) is 111 Å². The highest BCUT2D eigenvalue weighted by Gasteiger charge is 2.37. The van der Waals surface area contributed by atoms with Crippen molar-refractivity contribution in [3.63, 3.8) is 0 Å². The van der Waals surface area contributed by atoms with E-state index in [1.165, 1.54) is 98.4 Å². The van der Waals surface area contributed by atoms with E-state index >= 15 is 0 Å². The second-order valence-corrected chi connectivity index (χ2v) is 13.6. The molecule has 0 aliphatic heterocycles. The van der Waals surface area contributed by atoms with E-state index in [0.29, 0.717) is 0 Å². The zero-order valence-electron chi connectivity index (χ0n) is 26.5. The van der Waals surface area contributed by atoms with E-state index in [2.05, 4.69) is 172 Å². The van der Waals surface area contributed by atoms with Gasteiger partial charge < -0.3 is 0 Å². The van der Waals surface area contributed by atoms with Crippen LogP contribution in [0.5, 0.6) is 0 Å². The Morgan fingerprint density at radius 2 is 0.809 bits per heavy atom. The molecule has 220 valence electrons. The van der Waals surface area contributed by atoms with Gasteiger partial charge in [-0.15, -0.1) is 0 Å². The first-order chi connectivity index (χ1) is 23.1. The highest BCUT2D eigenvalue weighted by atomic mass is 14.4. The maximum Gasteiger partial charge on any atom is 0.0159 e. The molecule has 0 heteroatoms. The lowest BCUT2D eigenvalue weighted by atomic mass is 9.80. The monoisotopic (exact) mass is 596 g/mol. The summed E-state index contributed by atoms with van der Waals surface area (Å²) in [5.41, 5.74) is 10.7. The summed E-state index contributed by atoms with van der Waals surface area (Å²) in [4.78, 5) is 0. The molecule has 0 unspecified atom stereocenters. The van der Waals surface area contributed by atoms with E-state index in [4.69, 9.17) is 0 Å². The average Bonchev–Trinajstić information content (AvgIpc) is 3.34. The lowest BCUT2D eigenvalue weighted by Crippen LogP contribution is -2.14. The first-order valence-electron chi connectivity index (χ1n) is 16.6. The fourth-order valence-corrected chi connectivity index (χ4v) is 8.65. The molecular weight excluding hydrogens is 565 g/mol. The van der Waals surface area contributed by atoms with Crippen molar-refractivity contribution in [3.8, 4) is 33.4 Å². The molecule has 0 saturated heterocycles. The lowest BCUT2D eigenvalue weighted by molar-refractivity contribution is 0.661. The molecule has 0 bridgehead atoms.